The Morgan fingerprint density at radius 1 is 1.23 bits per heavy atom. The van der Waals surface area contributed by atoms with Crippen LogP contribution in [0.25, 0.3) is 22.2 Å². The molecule has 0 spiro atoms. The van der Waals surface area contributed by atoms with Crippen LogP contribution in [0.3, 0.4) is 0 Å². The largest absolute Gasteiger partial charge is 0.353 e. The molecule has 0 unspecified atom stereocenters. The number of carbonyl (C=O) groups excluding carboxylic acids is 1. The summed E-state index contributed by atoms with van der Waals surface area (Å²) in [5.74, 6) is -0.383. The van der Waals surface area contributed by atoms with Gasteiger partial charge in [-0.05, 0) is 50.3 Å². The van der Waals surface area contributed by atoms with Crippen LogP contribution in [0.5, 0.6) is 0 Å². The van der Waals surface area contributed by atoms with Crippen molar-refractivity contribution in [1.29, 1.82) is 0 Å². The molecule has 0 saturated heterocycles. The summed E-state index contributed by atoms with van der Waals surface area (Å²) in [6.07, 6.45) is 1.68. The fourth-order valence-electron chi connectivity index (χ4n) is 2.87. The summed E-state index contributed by atoms with van der Waals surface area (Å²) < 4.78 is 14.8. The van der Waals surface area contributed by atoms with Crippen molar-refractivity contribution in [3.8, 4) is 11.1 Å². The van der Waals surface area contributed by atoms with Crippen LogP contribution in [0.2, 0.25) is 0 Å². The number of rotatable bonds is 6. The molecule has 3 rings (SSSR count). The first kappa shape index (κ1) is 18.0. The highest BCUT2D eigenvalue weighted by Gasteiger charge is 2.15. The summed E-state index contributed by atoms with van der Waals surface area (Å²) in [7, 11) is 3.91. The van der Waals surface area contributed by atoms with Gasteiger partial charge in [0.25, 0.3) is 0 Å². The Bertz CT molecular complexity index is 918. The van der Waals surface area contributed by atoms with E-state index >= 15 is 0 Å². The minimum absolute atomic E-state index is 0.106. The van der Waals surface area contributed by atoms with Crippen LogP contribution < -0.4 is 5.32 Å². The SMILES string of the molecule is Cc1nn(CC(=O)NCCN(C)C)c2nccc(-c3ccc(F)cc3)c12. The second kappa shape index (κ2) is 7.61. The quantitative estimate of drug-likeness (QED) is 0.736. The van der Waals surface area contributed by atoms with Crippen LogP contribution in [-0.2, 0) is 11.3 Å². The van der Waals surface area contributed by atoms with Gasteiger partial charge in [-0.25, -0.2) is 14.1 Å². The Balaban J connectivity index is 1.88. The molecule has 0 bridgehead atoms. The van der Waals surface area contributed by atoms with Gasteiger partial charge >= 0.3 is 0 Å². The second-order valence-corrected chi connectivity index (χ2v) is 6.46. The Kier molecular flexibility index (Phi) is 5.27. The molecule has 0 fully saturated rings. The van der Waals surface area contributed by atoms with Gasteiger partial charge in [0.15, 0.2) is 5.65 Å². The molecule has 0 radical (unpaired) electrons. The van der Waals surface area contributed by atoms with Crippen LogP contribution in [0.1, 0.15) is 5.69 Å². The van der Waals surface area contributed by atoms with Crippen LogP contribution >= 0.6 is 0 Å². The Labute approximate surface area is 151 Å². The lowest BCUT2D eigenvalue weighted by Gasteiger charge is -2.10. The van der Waals surface area contributed by atoms with E-state index < -0.39 is 0 Å². The first-order valence-corrected chi connectivity index (χ1v) is 8.45. The van der Waals surface area contributed by atoms with Gasteiger partial charge in [-0.2, -0.15) is 5.10 Å². The Hall–Kier alpha value is -2.80. The lowest BCUT2D eigenvalue weighted by atomic mass is 10.0. The Morgan fingerprint density at radius 3 is 2.65 bits per heavy atom. The predicted molar refractivity (Wildman–Crippen MR) is 99.2 cm³/mol. The van der Waals surface area contributed by atoms with Gasteiger partial charge in [0.2, 0.25) is 5.91 Å². The molecule has 0 aliphatic heterocycles. The van der Waals surface area contributed by atoms with Gasteiger partial charge in [0.05, 0.1) is 5.69 Å². The number of fused-ring (bicyclic) bond motifs is 1. The summed E-state index contributed by atoms with van der Waals surface area (Å²) in [6.45, 7) is 3.35. The maximum atomic E-state index is 13.2. The summed E-state index contributed by atoms with van der Waals surface area (Å²) >= 11 is 0. The number of hydrogen-bond acceptors (Lipinski definition) is 4. The minimum Gasteiger partial charge on any atom is -0.353 e. The average molecular weight is 355 g/mol. The van der Waals surface area contributed by atoms with Crippen molar-refractivity contribution in [3.05, 3.63) is 48.0 Å². The van der Waals surface area contributed by atoms with E-state index in [4.69, 9.17) is 0 Å². The van der Waals surface area contributed by atoms with Crippen molar-refractivity contribution in [1.82, 2.24) is 25.0 Å². The molecule has 0 saturated carbocycles. The molecule has 2 aromatic heterocycles. The first-order chi connectivity index (χ1) is 12.5. The number of nitrogens with zero attached hydrogens (tertiary/aromatic N) is 4. The number of aryl methyl sites for hydroxylation is 1. The van der Waals surface area contributed by atoms with E-state index in [-0.39, 0.29) is 18.3 Å². The highest BCUT2D eigenvalue weighted by molar-refractivity contribution is 5.95. The van der Waals surface area contributed by atoms with E-state index in [9.17, 15) is 9.18 Å². The average Bonchev–Trinajstić information content (AvgIpc) is 2.91. The Morgan fingerprint density at radius 2 is 1.96 bits per heavy atom. The summed E-state index contributed by atoms with van der Waals surface area (Å²) in [5, 5.41) is 8.24. The van der Waals surface area contributed by atoms with Crippen LogP contribution in [0.4, 0.5) is 4.39 Å². The lowest BCUT2D eigenvalue weighted by molar-refractivity contribution is -0.121. The third-order valence-corrected chi connectivity index (χ3v) is 4.14. The molecule has 1 amide bonds. The molecular formula is C19H22FN5O. The highest BCUT2D eigenvalue weighted by atomic mass is 19.1. The van der Waals surface area contributed by atoms with E-state index in [1.54, 1.807) is 23.0 Å². The molecule has 136 valence electrons. The highest BCUT2D eigenvalue weighted by Crippen LogP contribution is 2.29. The molecule has 0 aliphatic carbocycles. The van der Waals surface area contributed by atoms with E-state index in [1.807, 2.05) is 32.0 Å². The van der Waals surface area contributed by atoms with Gasteiger partial charge in [-0.3, -0.25) is 4.79 Å². The number of benzene rings is 1. The van der Waals surface area contributed by atoms with Crippen molar-refractivity contribution < 1.29 is 9.18 Å². The zero-order chi connectivity index (χ0) is 18.7. The molecule has 2 heterocycles. The third-order valence-electron chi connectivity index (χ3n) is 4.14. The smallest absolute Gasteiger partial charge is 0.241 e. The molecule has 26 heavy (non-hydrogen) atoms. The molecule has 7 heteroatoms. The summed E-state index contributed by atoms with van der Waals surface area (Å²) in [5.41, 5.74) is 3.24. The van der Waals surface area contributed by atoms with Crippen molar-refractivity contribution in [3.63, 3.8) is 0 Å². The van der Waals surface area contributed by atoms with Gasteiger partial charge in [0, 0.05) is 24.7 Å². The van der Waals surface area contributed by atoms with Crippen LogP contribution in [0.15, 0.2) is 36.5 Å². The number of carbonyl (C=O) groups is 1. The molecule has 3 aromatic rings. The summed E-state index contributed by atoms with van der Waals surface area (Å²) in [4.78, 5) is 18.6. The number of nitrogens with one attached hydrogen (secondary N) is 1. The molecular weight excluding hydrogens is 333 g/mol. The van der Waals surface area contributed by atoms with Crippen LogP contribution in [0, 0.1) is 12.7 Å². The molecule has 0 atom stereocenters. The van der Waals surface area contributed by atoms with E-state index in [0.717, 1.165) is 28.8 Å². The topological polar surface area (TPSA) is 63.1 Å². The van der Waals surface area contributed by atoms with Crippen molar-refractivity contribution >= 4 is 16.9 Å². The van der Waals surface area contributed by atoms with Gasteiger partial charge in [-0.1, -0.05) is 12.1 Å². The van der Waals surface area contributed by atoms with Gasteiger partial charge in [-0.15, -0.1) is 0 Å². The number of halogens is 1. The normalized spacial score (nSPS) is 11.3. The number of hydrogen-bond donors (Lipinski definition) is 1. The van der Waals surface area contributed by atoms with Crippen molar-refractivity contribution in [2.24, 2.45) is 0 Å². The second-order valence-electron chi connectivity index (χ2n) is 6.46. The fraction of sp³-hybridized carbons (Fsp3) is 0.316. The maximum absolute atomic E-state index is 13.2. The molecule has 6 nitrogen and oxygen atoms in total. The van der Waals surface area contributed by atoms with E-state index in [0.29, 0.717) is 12.2 Å². The monoisotopic (exact) mass is 355 g/mol. The summed E-state index contributed by atoms with van der Waals surface area (Å²) in [6, 6.07) is 8.20. The van der Waals surface area contributed by atoms with E-state index in [1.165, 1.54) is 12.1 Å². The fourth-order valence-corrected chi connectivity index (χ4v) is 2.87. The number of pyridine rings is 1. The van der Waals surface area contributed by atoms with E-state index in [2.05, 4.69) is 15.4 Å². The number of aromatic nitrogens is 3. The molecule has 1 N–H and O–H groups in total. The van der Waals surface area contributed by atoms with Crippen molar-refractivity contribution in [2.75, 3.05) is 27.2 Å². The lowest BCUT2D eigenvalue weighted by Crippen LogP contribution is -2.33. The minimum atomic E-state index is -0.277. The predicted octanol–water partition coefficient (Wildman–Crippen LogP) is 2.22. The molecule has 1 aromatic carbocycles. The maximum Gasteiger partial charge on any atom is 0.241 e. The number of amides is 1. The first-order valence-electron chi connectivity index (χ1n) is 8.45. The third kappa shape index (κ3) is 3.88. The van der Waals surface area contributed by atoms with Gasteiger partial charge in [0.1, 0.15) is 12.4 Å². The number of likely N-dealkylation sites (N-methyl/N-ethyl adjacent to an activating group) is 1. The van der Waals surface area contributed by atoms with Crippen molar-refractivity contribution in [2.45, 2.75) is 13.5 Å². The zero-order valence-electron chi connectivity index (χ0n) is 15.2. The van der Waals surface area contributed by atoms with Gasteiger partial charge < -0.3 is 10.2 Å². The zero-order valence-corrected chi connectivity index (χ0v) is 15.2. The van der Waals surface area contributed by atoms with Crippen LogP contribution in [-0.4, -0.2) is 52.8 Å². The molecule has 0 aliphatic rings. The standard InChI is InChI=1S/C19H22FN5O/c1-13-18-16(14-4-6-15(20)7-5-14)8-9-22-19(18)25(23-13)12-17(26)21-10-11-24(2)3/h4-9H,10-12H2,1-3H3,(H,21,26).